The molecule has 3 aromatic rings. The van der Waals surface area contributed by atoms with E-state index in [1.54, 1.807) is 0 Å². The number of nitrogens with zero attached hydrogens (tertiary/aromatic N) is 2. The second-order valence-corrected chi connectivity index (χ2v) is 6.45. The molecule has 0 saturated heterocycles. The van der Waals surface area contributed by atoms with Crippen LogP contribution in [0.1, 0.15) is 17.0 Å². The SMILES string of the molecule is Cc1nn(-c2ccccc2)c(C)c1CC(=O)Nc1cccc2c1OCCO2. The molecule has 138 valence electrons. The summed E-state index contributed by atoms with van der Waals surface area (Å²) in [5, 5.41) is 7.54. The smallest absolute Gasteiger partial charge is 0.229 e. The molecule has 0 unspecified atom stereocenters. The topological polar surface area (TPSA) is 65.4 Å². The maximum absolute atomic E-state index is 12.7. The third kappa shape index (κ3) is 3.38. The Labute approximate surface area is 157 Å². The number of nitrogens with one attached hydrogen (secondary N) is 1. The lowest BCUT2D eigenvalue weighted by Crippen LogP contribution is -2.20. The number of amides is 1. The summed E-state index contributed by atoms with van der Waals surface area (Å²) in [6.07, 6.45) is 0.245. The molecule has 0 saturated carbocycles. The van der Waals surface area contributed by atoms with Crippen LogP contribution in [0.15, 0.2) is 48.5 Å². The van der Waals surface area contributed by atoms with E-state index in [0.717, 1.165) is 22.6 Å². The number of aromatic nitrogens is 2. The van der Waals surface area contributed by atoms with Gasteiger partial charge in [0.1, 0.15) is 13.2 Å². The largest absolute Gasteiger partial charge is 0.486 e. The number of fused-ring (bicyclic) bond motifs is 1. The Balaban J connectivity index is 1.55. The molecule has 27 heavy (non-hydrogen) atoms. The van der Waals surface area contributed by atoms with Gasteiger partial charge < -0.3 is 14.8 Å². The first-order chi connectivity index (χ1) is 13.1. The summed E-state index contributed by atoms with van der Waals surface area (Å²) < 4.78 is 13.1. The number of hydrogen-bond donors (Lipinski definition) is 1. The fourth-order valence-corrected chi connectivity index (χ4v) is 3.28. The fourth-order valence-electron chi connectivity index (χ4n) is 3.28. The molecular formula is C21H21N3O3. The van der Waals surface area contributed by atoms with Crippen LogP contribution in [0.4, 0.5) is 5.69 Å². The van der Waals surface area contributed by atoms with Crippen LogP contribution in [0.5, 0.6) is 11.5 Å². The molecule has 6 nitrogen and oxygen atoms in total. The van der Waals surface area contributed by atoms with Crippen LogP contribution in [0, 0.1) is 13.8 Å². The van der Waals surface area contributed by atoms with Crippen molar-refractivity contribution in [2.24, 2.45) is 0 Å². The molecule has 2 heterocycles. The minimum Gasteiger partial charge on any atom is -0.486 e. The maximum atomic E-state index is 12.7. The van der Waals surface area contributed by atoms with Crippen molar-refractivity contribution in [1.29, 1.82) is 0 Å². The molecule has 0 bridgehead atoms. The Kier molecular flexibility index (Phi) is 4.54. The molecule has 1 N–H and O–H groups in total. The molecule has 1 aromatic heterocycles. The quantitative estimate of drug-likeness (QED) is 0.771. The highest BCUT2D eigenvalue weighted by atomic mass is 16.6. The van der Waals surface area contributed by atoms with Gasteiger partial charge in [0, 0.05) is 11.3 Å². The Morgan fingerprint density at radius 1 is 1.07 bits per heavy atom. The minimum absolute atomic E-state index is 0.114. The summed E-state index contributed by atoms with van der Waals surface area (Å²) in [6, 6.07) is 15.4. The highest BCUT2D eigenvalue weighted by Crippen LogP contribution is 2.37. The molecule has 0 atom stereocenters. The van der Waals surface area contributed by atoms with Crippen molar-refractivity contribution in [3.63, 3.8) is 0 Å². The molecule has 1 aliphatic rings. The fraction of sp³-hybridized carbons (Fsp3) is 0.238. The summed E-state index contributed by atoms with van der Waals surface area (Å²) in [7, 11) is 0. The summed E-state index contributed by atoms with van der Waals surface area (Å²) in [6.45, 7) is 4.90. The van der Waals surface area contributed by atoms with E-state index in [9.17, 15) is 4.79 Å². The van der Waals surface area contributed by atoms with Gasteiger partial charge >= 0.3 is 0 Å². The van der Waals surface area contributed by atoms with Crippen molar-refractivity contribution in [3.8, 4) is 17.2 Å². The normalized spacial score (nSPS) is 12.7. The van der Waals surface area contributed by atoms with Gasteiger partial charge in [0.15, 0.2) is 11.5 Å². The van der Waals surface area contributed by atoms with E-state index in [-0.39, 0.29) is 12.3 Å². The third-order valence-electron chi connectivity index (χ3n) is 4.62. The molecule has 1 amide bonds. The number of hydrogen-bond acceptors (Lipinski definition) is 4. The van der Waals surface area contributed by atoms with Crippen molar-refractivity contribution in [1.82, 2.24) is 9.78 Å². The van der Waals surface area contributed by atoms with Crippen molar-refractivity contribution in [3.05, 3.63) is 65.5 Å². The highest BCUT2D eigenvalue weighted by Gasteiger charge is 2.19. The number of carbonyl (C=O) groups is 1. The van der Waals surface area contributed by atoms with Crippen LogP contribution in [-0.2, 0) is 11.2 Å². The lowest BCUT2D eigenvalue weighted by atomic mass is 10.1. The summed E-state index contributed by atoms with van der Waals surface area (Å²) in [5.74, 6) is 1.13. The zero-order valence-corrected chi connectivity index (χ0v) is 15.4. The first-order valence-corrected chi connectivity index (χ1v) is 8.92. The second-order valence-electron chi connectivity index (χ2n) is 6.45. The summed E-state index contributed by atoms with van der Waals surface area (Å²) >= 11 is 0. The zero-order chi connectivity index (χ0) is 18.8. The van der Waals surface area contributed by atoms with Gasteiger partial charge in [-0.05, 0) is 38.1 Å². The van der Waals surface area contributed by atoms with Gasteiger partial charge in [-0.1, -0.05) is 24.3 Å². The van der Waals surface area contributed by atoms with Crippen LogP contribution < -0.4 is 14.8 Å². The Morgan fingerprint density at radius 2 is 1.85 bits per heavy atom. The van der Waals surface area contributed by atoms with Gasteiger partial charge in [0.2, 0.25) is 5.91 Å². The number of benzene rings is 2. The number of ether oxygens (including phenoxy) is 2. The van der Waals surface area contributed by atoms with Gasteiger partial charge in [0.25, 0.3) is 0 Å². The average Bonchev–Trinajstić information content (AvgIpc) is 2.97. The minimum atomic E-state index is -0.114. The van der Waals surface area contributed by atoms with E-state index in [2.05, 4.69) is 10.4 Å². The number of rotatable bonds is 4. The van der Waals surface area contributed by atoms with Crippen molar-refractivity contribution >= 4 is 11.6 Å². The van der Waals surface area contributed by atoms with E-state index in [0.29, 0.717) is 30.4 Å². The zero-order valence-electron chi connectivity index (χ0n) is 15.4. The standard InChI is InChI=1S/C21H21N3O3/c1-14-17(15(2)24(23-14)16-7-4-3-5-8-16)13-20(25)22-18-9-6-10-19-21(18)27-12-11-26-19/h3-10H,11-13H2,1-2H3,(H,22,25). The second kappa shape index (κ2) is 7.15. The predicted octanol–water partition coefficient (Wildman–Crippen LogP) is 3.44. The highest BCUT2D eigenvalue weighted by molar-refractivity contribution is 5.94. The molecule has 0 spiro atoms. The molecule has 2 aromatic carbocycles. The van der Waals surface area contributed by atoms with Crippen LogP contribution in [0.25, 0.3) is 5.69 Å². The predicted molar refractivity (Wildman–Crippen MR) is 103 cm³/mol. The monoisotopic (exact) mass is 363 g/mol. The first-order valence-electron chi connectivity index (χ1n) is 8.92. The van der Waals surface area contributed by atoms with Crippen LogP contribution >= 0.6 is 0 Å². The van der Waals surface area contributed by atoms with Gasteiger partial charge in [-0.25, -0.2) is 4.68 Å². The molecular weight excluding hydrogens is 342 g/mol. The molecule has 0 aliphatic carbocycles. The van der Waals surface area contributed by atoms with E-state index >= 15 is 0 Å². The molecule has 4 rings (SSSR count). The Bertz CT molecular complexity index is 980. The molecule has 1 aliphatic heterocycles. The number of carbonyl (C=O) groups excluding carboxylic acids is 1. The van der Waals surface area contributed by atoms with Crippen molar-refractivity contribution < 1.29 is 14.3 Å². The van der Waals surface area contributed by atoms with Crippen LogP contribution in [0.2, 0.25) is 0 Å². The maximum Gasteiger partial charge on any atom is 0.229 e. The summed E-state index contributed by atoms with van der Waals surface area (Å²) in [5.41, 5.74) is 4.35. The number of aryl methyl sites for hydroxylation is 1. The Hall–Kier alpha value is -3.28. The van der Waals surface area contributed by atoms with Gasteiger partial charge in [-0.15, -0.1) is 0 Å². The third-order valence-corrected chi connectivity index (χ3v) is 4.62. The van der Waals surface area contributed by atoms with Crippen LogP contribution in [0.3, 0.4) is 0 Å². The molecule has 0 fully saturated rings. The van der Waals surface area contributed by atoms with E-state index in [1.165, 1.54) is 0 Å². The van der Waals surface area contributed by atoms with Gasteiger partial charge in [-0.3, -0.25) is 4.79 Å². The lowest BCUT2D eigenvalue weighted by molar-refractivity contribution is -0.115. The van der Waals surface area contributed by atoms with E-state index < -0.39 is 0 Å². The van der Waals surface area contributed by atoms with Gasteiger partial charge in [-0.2, -0.15) is 5.10 Å². The lowest BCUT2D eigenvalue weighted by Gasteiger charge is -2.21. The van der Waals surface area contributed by atoms with Gasteiger partial charge in [0.05, 0.1) is 23.5 Å². The molecule has 0 radical (unpaired) electrons. The van der Waals surface area contributed by atoms with Crippen molar-refractivity contribution in [2.75, 3.05) is 18.5 Å². The average molecular weight is 363 g/mol. The first kappa shape index (κ1) is 17.1. The van der Waals surface area contributed by atoms with E-state index in [4.69, 9.17) is 9.47 Å². The number of para-hydroxylation sites is 2. The number of anilines is 1. The Morgan fingerprint density at radius 3 is 2.67 bits per heavy atom. The summed E-state index contributed by atoms with van der Waals surface area (Å²) in [4.78, 5) is 12.7. The van der Waals surface area contributed by atoms with Crippen LogP contribution in [-0.4, -0.2) is 28.9 Å². The molecule has 6 heteroatoms. The van der Waals surface area contributed by atoms with E-state index in [1.807, 2.05) is 67.1 Å². The van der Waals surface area contributed by atoms with Crippen molar-refractivity contribution in [2.45, 2.75) is 20.3 Å².